The minimum Gasteiger partial charge on any atom is -0.465 e. The van der Waals surface area contributed by atoms with Gasteiger partial charge in [-0.15, -0.1) is 13.2 Å². The summed E-state index contributed by atoms with van der Waals surface area (Å²) in [4.78, 5) is 14.1. The van der Waals surface area contributed by atoms with Crippen LogP contribution in [0.1, 0.15) is 18.5 Å². The number of hydrogen-bond donors (Lipinski definition) is 1. The average Bonchev–Trinajstić information content (AvgIpc) is 2.34. The van der Waals surface area contributed by atoms with Gasteiger partial charge in [-0.3, -0.25) is 4.90 Å². The van der Waals surface area contributed by atoms with Gasteiger partial charge in [-0.05, 0) is 31.7 Å². The van der Waals surface area contributed by atoms with Gasteiger partial charge < -0.3 is 14.7 Å². The Morgan fingerprint density at radius 1 is 1.36 bits per heavy atom. The largest absolute Gasteiger partial charge is 0.573 e. The van der Waals surface area contributed by atoms with E-state index in [4.69, 9.17) is 5.11 Å². The third-order valence-corrected chi connectivity index (χ3v) is 3.92. The maximum atomic E-state index is 12.1. The first kappa shape index (κ1) is 16.4. The van der Waals surface area contributed by atoms with Gasteiger partial charge in [-0.25, -0.2) is 4.79 Å². The molecule has 22 heavy (non-hydrogen) atoms. The first-order chi connectivity index (χ1) is 10.2. The maximum Gasteiger partial charge on any atom is 0.573 e. The Hall–Kier alpha value is -1.96. The van der Waals surface area contributed by atoms with Gasteiger partial charge in [0, 0.05) is 25.2 Å². The zero-order chi connectivity index (χ0) is 16.5. The number of benzene rings is 1. The first-order valence-electron chi connectivity index (χ1n) is 6.73. The van der Waals surface area contributed by atoms with E-state index in [1.54, 1.807) is 12.1 Å². The fourth-order valence-corrected chi connectivity index (χ4v) is 2.37. The van der Waals surface area contributed by atoms with Crippen LogP contribution in [-0.4, -0.2) is 53.5 Å². The van der Waals surface area contributed by atoms with Crippen LogP contribution in [0.25, 0.3) is 0 Å². The van der Waals surface area contributed by atoms with Gasteiger partial charge in [-0.1, -0.05) is 12.1 Å². The number of alkyl halides is 3. The molecule has 2 rings (SSSR count). The number of carboxylic acid groups (broad SMARTS) is 1. The number of halogens is 3. The highest BCUT2D eigenvalue weighted by molar-refractivity contribution is 5.66. The Morgan fingerprint density at radius 3 is 2.36 bits per heavy atom. The topological polar surface area (TPSA) is 53.0 Å². The van der Waals surface area contributed by atoms with E-state index in [2.05, 4.69) is 4.74 Å². The van der Waals surface area contributed by atoms with Crippen LogP contribution in [0.2, 0.25) is 0 Å². The van der Waals surface area contributed by atoms with Crippen molar-refractivity contribution in [1.29, 1.82) is 0 Å². The van der Waals surface area contributed by atoms with Gasteiger partial charge >= 0.3 is 12.5 Å². The molecule has 1 saturated heterocycles. The normalized spacial score (nSPS) is 17.3. The van der Waals surface area contributed by atoms with Crippen LogP contribution in [0.15, 0.2) is 24.3 Å². The molecule has 0 aromatic heterocycles. The quantitative estimate of drug-likeness (QED) is 0.927. The lowest BCUT2D eigenvalue weighted by molar-refractivity contribution is -0.274. The minimum absolute atomic E-state index is 0.0409. The van der Waals surface area contributed by atoms with Crippen molar-refractivity contribution in [3.63, 3.8) is 0 Å². The predicted molar refractivity (Wildman–Crippen MR) is 72.7 cm³/mol. The Kier molecular flexibility index (Phi) is 4.50. The predicted octanol–water partition coefficient (Wildman–Crippen LogP) is 2.94. The van der Waals surface area contributed by atoms with Crippen molar-refractivity contribution in [2.45, 2.75) is 25.4 Å². The lowest BCUT2D eigenvalue weighted by Crippen LogP contribution is -2.60. The van der Waals surface area contributed by atoms with Crippen molar-refractivity contribution in [2.24, 2.45) is 0 Å². The van der Waals surface area contributed by atoms with Crippen LogP contribution in [0.3, 0.4) is 0 Å². The highest BCUT2D eigenvalue weighted by Crippen LogP contribution is 2.28. The maximum absolute atomic E-state index is 12.1. The molecule has 0 radical (unpaired) electrons. The summed E-state index contributed by atoms with van der Waals surface area (Å²) in [5.41, 5.74) is 0.839. The highest BCUT2D eigenvalue weighted by atomic mass is 19.4. The number of likely N-dealkylation sites (N-methyl/N-ethyl adjacent to an activating group) is 1. The number of amides is 1. The highest BCUT2D eigenvalue weighted by Gasteiger charge is 2.35. The van der Waals surface area contributed by atoms with E-state index in [1.165, 1.54) is 17.0 Å². The summed E-state index contributed by atoms with van der Waals surface area (Å²) in [6.07, 6.45) is -5.64. The van der Waals surface area contributed by atoms with Gasteiger partial charge in [0.15, 0.2) is 0 Å². The van der Waals surface area contributed by atoms with E-state index in [-0.39, 0.29) is 17.8 Å². The fourth-order valence-electron chi connectivity index (χ4n) is 2.37. The molecule has 1 fully saturated rings. The molecule has 1 aromatic carbocycles. The van der Waals surface area contributed by atoms with Crippen molar-refractivity contribution >= 4 is 6.09 Å². The fraction of sp³-hybridized carbons (Fsp3) is 0.500. The molecule has 5 nitrogen and oxygen atoms in total. The molecule has 0 bridgehead atoms. The summed E-state index contributed by atoms with van der Waals surface area (Å²) in [6.45, 7) is 2.79. The zero-order valence-electron chi connectivity index (χ0n) is 12.2. The molecular weight excluding hydrogens is 301 g/mol. The van der Waals surface area contributed by atoms with Crippen LogP contribution in [0.4, 0.5) is 18.0 Å². The van der Waals surface area contributed by atoms with E-state index >= 15 is 0 Å². The molecule has 0 saturated carbocycles. The molecule has 1 unspecified atom stereocenters. The van der Waals surface area contributed by atoms with Gasteiger partial charge in [0.2, 0.25) is 0 Å². The number of hydrogen-bond acceptors (Lipinski definition) is 3. The molecule has 122 valence electrons. The Balaban J connectivity index is 1.95. The van der Waals surface area contributed by atoms with Crippen molar-refractivity contribution in [1.82, 2.24) is 9.80 Å². The van der Waals surface area contributed by atoms with Crippen molar-refractivity contribution in [3.05, 3.63) is 29.8 Å². The molecule has 1 N–H and O–H groups in total. The second-order valence-corrected chi connectivity index (χ2v) is 5.30. The molecule has 1 atom stereocenters. The summed E-state index contributed by atoms with van der Waals surface area (Å²) >= 11 is 0. The van der Waals surface area contributed by atoms with Gasteiger partial charge in [0.05, 0.1) is 0 Å². The minimum atomic E-state index is -4.70. The van der Waals surface area contributed by atoms with Crippen molar-refractivity contribution in [3.8, 4) is 5.75 Å². The summed E-state index contributed by atoms with van der Waals surface area (Å²) in [5, 5.41) is 8.81. The Morgan fingerprint density at radius 2 is 1.91 bits per heavy atom. The third-order valence-electron chi connectivity index (χ3n) is 3.92. The Labute approximate surface area is 125 Å². The number of nitrogens with zero attached hydrogens (tertiary/aromatic N) is 2. The first-order valence-corrected chi connectivity index (χ1v) is 6.73. The van der Waals surface area contributed by atoms with Crippen LogP contribution < -0.4 is 4.74 Å². The molecular formula is C14H17F3N2O3. The number of ether oxygens (including phenoxy) is 1. The molecule has 0 aliphatic carbocycles. The Bertz CT molecular complexity index is 527. The lowest BCUT2D eigenvalue weighted by atomic mass is 10.0. The summed E-state index contributed by atoms with van der Waals surface area (Å²) < 4.78 is 40.2. The van der Waals surface area contributed by atoms with Crippen molar-refractivity contribution in [2.75, 3.05) is 20.1 Å². The third kappa shape index (κ3) is 3.82. The van der Waals surface area contributed by atoms with Crippen molar-refractivity contribution < 1.29 is 27.8 Å². The van der Waals surface area contributed by atoms with Crippen LogP contribution in [-0.2, 0) is 0 Å². The number of rotatable bonds is 4. The SMILES string of the molecule is CC(c1ccc(OC(F)(F)F)cc1)N(C)C1CN(C(=O)O)C1. The lowest BCUT2D eigenvalue weighted by Gasteiger charge is -2.44. The second-order valence-electron chi connectivity index (χ2n) is 5.30. The van der Waals surface area contributed by atoms with Gasteiger partial charge in [0.25, 0.3) is 0 Å². The molecule has 8 heteroatoms. The average molecular weight is 318 g/mol. The van der Waals surface area contributed by atoms with Crippen LogP contribution in [0, 0.1) is 0 Å². The second kappa shape index (κ2) is 6.04. The molecule has 0 spiro atoms. The molecule has 1 aliphatic rings. The van der Waals surface area contributed by atoms with E-state index in [1.807, 2.05) is 18.9 Å². The summed E-state index contributed by atoms with van der Waals surface area (Å²) in [5.74, 6) is -0.258. The molecule has 1 aromatic rings. The van der Waals surface area contributed by atoms with Crippen LogP contribution >= 0.6 is 0 Å². The summed E-state index contributed by atoms with van der Waals surface area (Å²) in [6, 6.07) is 5.78. The number of likely N-dealkylation sites (tertiary alicyclic amines) is 1. The monoisotopic (exact) mass is 318 g/mol. The smallest absolute Gasteiger partial charge is 0.465 e. The standard InChI is InChI=1S/C14H17F3N2O3/c1-9(18(2)11-7-19(8-11)13(20)21)10-3-5-12(6-4-10)22-14(15,16)17/h3-6,9,11H,7-8H2,1-2H3,(H,20,21). The summed E-state index contributed by atoms with van der Waals surface area (Å²) in [7, 11) is 1.87. The van der Waals surface area contributed by atoms with E-state index in [0.29, 0.717) is 13.1 Å². The van der Waals surface area contributed by atoms with E-state index < -0.39 is 12.5 Å². The molecule has 1 aliphatic heterocycles. The molecule has 1 heterocycles. The zero-order valence-corrected chi connectivity index (χ0v) is 12.2. The van der Waals surface area contributed by atoms with E-state index in [0.717, 1.165) is 5.56 Å². The van der Waals surface area contributed by atoms with Gasteiger partial charge in [0.1, 0.15) is 5.75 Å². The van der Waals surface area contributed by atoms with Gasteiger partial charge in [-0.2, -0.15) is 0 Å². The molecule has 1 amide bonds. The number of carbonyl (C=O) groups is 1. The van der Waals surface area contributed by atoms with E-state index in [9.17, 15) is 18.0 Å². The van der Waals surface area contributed by atoms with Crippen LogP contribution in [0.5, 0.6) is 5.75 Å².